The second kappa shape index (κ2) is 10.3. The average Bonchev–Trinajstić information content (AvgIpc) is 3.07. The molecule has 4 nitrogen and oxygen atoms in total. The molecule has 0 spiro atoms. The summed E-state index contributed by atoms with van der Waals surface area (Å²) in [5.74, 6) is 0.908. The molecule has 24 heavy (non-hydrogen) atoms. The number of methoxy groups -OCH3 is 1. The number of benzene rings is 1. The molecular weight excluding hydrogens is 344 g/mol. The number of hydrogen-bond donors (Lipinski definition) is 1. The quantitative estimate of drug-likeness (QED) is 0.774. The van der Waals surface area contributed by atoms with E-state index in [9.17, 15) is 4.79 Å². The van der Waals surface area contributed by atoms with Crippen LogP contribution in [0.5, 0.6) is 5.75 Å². The van der Waals surface area contributed by atoms with Gasteiger partial charge in [0, 0.05) is 29.4 Å². The average molecular weight is 369 g/mol. The Morgan fingerprint density at radius 1 is 1.25 bits per heavy atom. The number of carbonyl (C=O) groups is 1. The fourth-order valence-corrected chi connectivity index (χ4v) is 3.27. The molecule has 0 aliphatic carbocycles. The molecule has 6 heteroatoms. The Labute approximate surface area is 154 Å². The Balaban J connectivity index is 0.00000288. The first-order valence-corrected chi connectivity index (χ1v) is 8.61. The van der Waals surface area contributed by atoms with Gasteiger partial charge < -0.3 is 15.0 Å². The van der Waals surface area contributed by atoms with Crippen LogP contribution in [0.1, 0.15) is 17.4 Å². The summed E-state index contributed by atoms with van der Waals surface area (Å²) in [6, 6.07) is 11.9. The van der Waals surface area contributed by atoms with Crippen molar-refractivity contribution in [1.82, 2.24) is 10.2 Å². The van der Waals surface area contributed by atoms with Crippen LogP contribution in [0.25, 0.3) is 0 Å². The number of ether oxygens (including phenoxy) is 1. The molecule has 1 aromatic carbocycles. The van der Waals surface area contributed by atoms with E-state index in [4.69, 9.17) is 4.74 Å². The van der Waals surface area contributed by atoms with Gasteiger partial charge in [0.2, 0.25) is 5.91 Å². The predicted molar refractivity (Wildman–Crippen MR) is 102 cm³/mol. The summed E-state index contributed by atoms with van der Waals surface area (Å²) in [6.45, 7) is 3.81. The zero-order valence-corrected chi connectivity index (χ0v) is 16.0. The number of hydrogen-bond acceptors (Lipinski definition) is 4. The molecule has 0 saturated heterocycles. The highest BCUT2D eigenvalue weighted by molar-refractivity contribution is 7.09. The maximum atomic E-state index is 12.8. The molecule has 1 unspecified atom stereocenters. The molecule has 2 aromatic rings. The molecule has 0 aliphatic heterocycles. The number of halogens is 1. The van der Waals surface area contributed by atoms with E-state index in [0.717, 1.165) is 11.3 Å². The number of thiophene rings is 1. The van der Waals surface area contributed by atoms with Crippen molar-refractivity contribution in [2.45, 2.75) is 20.0 Å². The van der Waals surface area contributed by atoms with Crippen molar-refractivity contribution < 1.29 is 9.53 Å². The second-order valence-corrected chi connectivity index (χ2v) is 6.58. The highest BCUT2D eigenvalue weighted by Gasteiger charge is 2.21. The largest absolute Gasteiger partial charge is 0.496 e. The minimum Gasteiger partial charge on any atom is -0.496 e. The molecule has 0 aliphatic rings. The summed E-state index contributed by atoms with van der Waals surface area (Å²) >= 11 is 1.67. The third kappa shape index (κ3) is 5.51. The molecule has 132 valence electrons. The smallest absolute Gasteiger partial charge is 0.227 e. The normalized spacial score (nSPS) is 11.5. The van der Waals surface area contributed by atoms with E-state index in [0.29, 0.717) is 19.6 Å². The van der Waals surface area contributed by atoms with Crippen molar-refractivity contribution in [2.24, 2.45) is 5.92 Å². The standard InChI is InChI=1S/C18H24N2O2S.ClH/c1-14(11-19-2)18(21)20(13-16-8-6-10-23-16)12-15-7-4-5-9-17(15)22-3;/h4-10,14,19H,11-13H2,1-3H3;1H. The molecule has 0 fully saturated rings. The Kier molecular flexibility index (Phi) is 8.82. The first kappa shape index (κ1) is 20.5. The Hall–Kier alpha value is -1.56. The van der Waals surface area contributed by atoms with Gasteiger partial charge in [-0.1, -0.05) is 31.2 Å². The predicted octanol–water partition coefficient (Wildman–Crippen LogP) is 3.56. The number of carbonyl (C=O) groups excluding carboxylic acids is 1. The maximum Gasteiger partial charge on any atom is 0.227 e. The first-order chi connectivity index (χ1) is 11.2. The van der Waals surface area contributed by atoms with Crippen LogP contribution in [-0.4, -0.2) is 31.5 Å². The van der Waals surface area contributed by atoms with Crippen LogP contribution < -0.4 is 10.1 Å². The minimum absolute atomic E-state index is 0. The highest BCUT2D eigenvalue weighted by atomic mass is 35.5. The molecule has 1 heterocycles. The second-order valence-electron chi connectivity index (χ2n) is 5.54. The number of nitrogens with one attached hydrogen (secondary N) is 1. The van der Waals surface area contributed by atoms with E-state index >= 15 is 0 Å². The van der Waals surface area contributed by atoms with Crippen molar-refractivity contribution in [2.75, 3.05) is 20.7 Å². The van der Waals surface area contributed by atoms with Crippen molar-refractivity contribution in [3.63, 3.8) is 0 Å². The van der Waals surface area contributed by atoms with Gasteiger partial charge in [0.05, 0.1) is 13.7 Å². The Morgan fingerprint density at radius 3 is 2.62 bits per heavy atom. The van der Waals surface area contributed by atoms with Crippen LogP contribution >= 0.6 is 23.7 Å². The zero-order valence-electron chi connectivity index (χ0n) is 14.3. The van der Waals surface area contributed by atoms with E-state index in [-0.39, 0.29) is 24.2 Å². The lowest BCUT2D eigenvalue weighted by Crippen LogP contribution is -2.37. The van der Waals surface area contributed by atoms with Crippen molar-refractivity contribution >= 4 is 29.7 Å². The summed E-state index contributed by atoms with van der Waals surface area (Å²) < 4.78 is 5.42. The van der Waals surface area contributed by atoms with Crippen molar-refractivity contribution in [3.05, 3.63) is 52.2 Å². The third-order valence-corrected chi connectivity index (χ3v) is 4.59. The zero-order chi connectivity index (χ0) is 16.7. The molecular formula is C18H25ClN2O2S. The highest BCUT2D eigenvalue weighted by Crippen LogP contribution is 2.22. The minimum atomic E-state index is -0.0605. The SMILES string of the molecule is CNCC(C)C(=O)N(Cc1cccs1)Cc1ccccc1OC.Cl. The van der Waals surface area contributed by atoms with Gasteiger partial charge in [0.15, 0.2) is 0 Å². The number of rotatable bonds is 8. The van der Waals surface area contributed by atoms with Crippen LogP contribution in [0.3, 0.4) is 0 Å². The topological polar surface area (TPSA) is 41.6 Å². The summed E-state index contributed by atoms with van der Waals surface area (Å²) in [6.07, 6.45) is 0. The van der Waals surface area contributed by atoms with Gasteiger partial charge in [-0.3, -0.25) is 4.79 Å². The lowest BCUT2D eigenvalue weighted by molar-refractivity contribution is -0.136. The Bertz CT molecular complexity index is 619. The van der Waals surface area contributed by atoms with Gasteiger partial charge in [-0.15, -0.1) is 23.7 Å². The van der Waals surface area contributed by atoms with E-state index in [1.807, 2.05) is 54.6 Å². The third-order valence-electron chi connectivity index (χ3n) is 3.72. The molecule has 1 atom stereocenters. The lowest BCUT2D eigenvalue weighted by Gasteiger charge is -2.26. The van der Waals surface area contributed by atoms with Crippen molar-refractivity contribution in [3.8, 4) is 5.75 Å². The number of para-hydroxylation sites is 1. The van der Waals surface area contributed by atoms with Crippen LogP contribution in [0, 0.1) is 5.92 Å². The fourth-order valence-electron chi connectivity index (χ4n) is 2.55. The van der Waals surface area contributed by atoms with Crippen LogP contribution in [-0.2, 0) is 17.9 Å². The molecule has 0 radical (unpaired) electrons. The Morgan fingerprint density at radius 2 is 2.00 bits per heavy atom. The van der Waals surface area contributed by atoms with E-state index in [1.54, 1.807) is 18.4 Å². The van der Waals surface area contributed by atoms with Gasteiger partial charge in [-0.05, 0) is 24.6 Å². The molecule has 1 aromatic heterocycles. The van der Waals surface area contributed by atoms with Gasteiger partial charge >= 0.3 is 0 Å². The summed E-state index contributed by atoms with van der Waals surface area (Å²) in [5, 5.41) is 5.12. The molecule has 1 N–H and O–H groups in total. The lowest BCUT2D eigenvalue weighted by atomic mass is 10.1. The summed E-state index contributed by atoms with van der Waals surface area (Å²) in [7, 11) is 3.53. The van der Waals surface area contributed by atoms with E-state index < -0.39 is 0 Å². The van der Waals surface area contributed by atoms with Gasteiger partial charge in [-0.2, -0.15) is 0 Å². The molecule has 1 amide bonds. The van der Waals surface area contributed by atoms with Crippen LogP contribution in [0.2, 0.25) is 0 Å². The number of nitrogens with zero attached hydrogens (tertiary/aromatic N) is 1. The maximum absolute atomic E-state index is 12.8. The molecule has 0 bridgehead atoms. The van der Waals surface area contributed by atoms with Crippen molar-refractivity contribution in [1.29, 1.82) is 0 Å². The number of amides is 1. The van der Waals surface area contributed by atoms with Crippen LogP contribution in [0.4, 0.5) is 0 Å². The summed E-state index contributed by atoms with van der Waals surface area (Å²) in [5.41, 5.74) is 1.02. The van der Waals surface area contributed by atoms with Gasteiger partial charge in [0.25, 0.3) is 0 Å². The monoisotopic (exact) mass is 368 g/mol. The molecule has 0 saturated carbocycles. The molecule has 2 rings (SSSR count). The van der Waals surface area contributed by atoms with E-state index in [2.05, 4.69) is 11.4 Å². The fraction of sp³-hybridized carbons (Fsp3) is 0.389. The van der Waals surface area contributed by atoms with Crippen LogP contribution in [0.15, 0.2) is 41.8 Å². The van der Waals surface area contributed by atoms with E-state index in [1.165, 1.54) is 4.88 Å². The van der Waals surface area contributed by atoms with Gasteiger partial charge in [-0.25, -0.2) is 0 Å². The first-order valence-electron chi connectivity index (χ1n) is 7.73. The summed E-state index contributed by atoms with van der Waals surface area (Å²) in [4.78, 5) is 15.9. The van der Waals surface area contributed by atoms with Gasteiger partial charge in [0.1, 0.15) is 5.75 Å².